The number of aliphatic hydroxyl groups excluding tert-OH is 1. The number of nitrogens with zero attached hydrogens (tertiary/aromatic N) is 1. The van der Waals surface area contributed by atoms with E-state index < -0.39 is 0 Å². The molecule has 0 amide bonds. The van der Waals surface area contributed by atoms with Gasteiger partial charge in [-0.15, -0.1) is 0 Å². The van der Waals surface area contributed by atoms with Gasteiger partial charge in [-0.2, -0.15) is 0 Å². The molecule has 1 aliphatic carbocycles. The monoisotopic (exact) mass is 186 g/mol. The second-order valence-corrected chi connectivity index (χ2v) is 4.58. The first-order valence-corrected chi connectivity index (χ1v) is 5.15. The van der Waals surface area contributed by atoms with Gasteiger partial charge in [0.05, 0.1) is 6.10 Å². The second-order valence-electron chi connectivity index (χ2n) is 4.58. The van der Waals surface area contributed by atoms with Crippen molar-refractivity contribution < 1.29 is 5.11 Å². The molecule has 1 fully saturated rings. The van der Waals surface area contributed by atoms with Gasteiger partial charge >= 0.3 is 0 Å². The lowest BCUT2D eigenvalue weighted by Gasteiger charge is -2.24. The smallest absolute Gasteiger partial charge is 0.0638 e. The SMILES string of the molecule is CC(O)CN(C)CC1(CCN)CC1. The van der Waals surface area contributed by atoms with Crippen molar-refractivity contribution in [2.24, 2.45) is 11.1 Å². The molecule has 0 saturated heterocycles. The molecule has 3 N–H and O–H groups in total. The van der Waals surface area contributed by atoms with E-state index in [-0.39, 0.29) is 6.10 Å². The first-order valence-electron chi connectivity index (χ1n) is 5.15. The van der Waals surface area contributed by atoms with Crippen molar-refractivity contribution in [1.29, 1.82) is 0 Å². The zero-order valence-electron chi connectivity index (χ0n) is 8.79. The zero-order valence-corrected chi connectivity index (χ0v) is 8.79. The highest BCUT2D eigenvalue weighted by atomic mass is 16.3. The maximum absolute atomic E-state index is 9.20. The predicted molar refractivity (Wildman–Crippen MR) is 54.5 cm³/mol. The molecular weight excluding hydrogens is 164 g/mol. The van der Waals surface area contributed by atoms with Gasteiger partial charge in [0.25, 0.3) is 0 Å². The van der Waals surface area contributed by atoms with E-state index in [9.17, 15) is 5.11 Å². The van der Waals surface area contributed by atoms with E-state index in [1.165, 1.54) is 12.8 Å². The lowest BCUT2D eigenvalue weighted by Crippen LogP contribution is -2.33. The number of hydrogen-bond donors (Lipinski definition) is 2. The van der Waals surface area contributed by atoms with Gasteiger partial charge < -0.3 is 15.7 Å². The molecule has 3 heteroatoms. The molecule has 0 heterocycles. The molecule has 0 aliphatic heterocycles. The number of aliphatic hydroxyl groups is 1. The molecule has 78 valence electrons. The number of rotatable bonds is 6. The first kappa shape index (κ1) is 11.0. The quantitative estimate of drug-likeness (QED) is 0.632. The number of nitrogens with two attached hydrogens (primary N) is 1. The van der Waals surface area contributed by atoms with E-state index in [0.29, 0.717) is 5.41 Å². The van der Waals surface area contributed by atoms with Crippen molar-refractivity contribution in [3.63, 3.8) is 0 Å². The van der Waals surface area contributed by atoms with Crippen molar-refractivity contribution in [3.8, 4) is 0 Å². The van der Waals surface area contributed by atoms with Crippen LogP contribution in [-0.4, -0.2) is 42.8 Å². The van der Waals surface area contributed by atoms with Crippen molar-refractivity contribution in [1.82, 2.24) is 4.90 Å². The average molecular weight is 186 g/mol. The Morgan fingerprint density at radius 1 is 1.54 bits per heavy atom. The number of hydrogen-bond acceptors (Lipinski definition) is 3. The van der Waals surface area contributed by atoms with E-state index in [1.54, 1.807) is 0 Å². The van der Waals surface area contributed by atoms with E-state index in [4.69, 9.17) is 5.73 Å². The summed E-state index contributed by atoms with van der Waals surface area (Å²) >= 11 is 0. The molecule has 0 aromatic carbocycles. The van der Waals surface area contributed by atoms with Crippen LogP contribution in [0.15, 0.2) is 0 Å². The van der Waals surface area contributed by atoms with Gasteiger partial charge in [0, 0.05) is 13.1 Å². The molecule has 0 aromatic rings. The minimum atomic E-state index is -0.223. The largest absolute Gasteiger partial charge is 0.392 e. The van der Waals surface area contributed by atoms with Crippen LogP contribution >= 0.6 is 0 Å². The average Bonchev–Trinajstić information content (AvgIpc) is 2.67. The summed E-state index contributed by atoms with van der Waals surface area (Å²) in [5, 5.41) is 9.20. The van der Waals surface area contributed by atoms with Gasteiger partial charge in [-0.25, -0.2) is 0 Å². The van der Waals surface area contributed by atoms with Crippen LogP contribution in [0.1, 0.15) is 26.2 Å². The van der Waals surface area contributed by atoms with Crippen LogP contribution in [0.4, 0.5) is 0 Å². The highest BCUT2D eigenvalue weighted by Crippen LogP contribution is 2.48. The van der Waals surface area contributed by atoms with Gasteiger partial charge in [0.2, 0.25) is 0 Å². The van der Waals surface area contributed by atoms with E-state index in [1.807, 2.05) is 6.92 Å². The third kappa shape index (κ3) is 3.63. The zero-order chi connectivity index (χ0) is 9.90. The summed E-state index contributed by atoms with van der Waals surface area (Å²) < 4.78 is 0. The third-order valence-electron chi connectivity index (χ3n) is 2.81. The van der Waals surface area contributed by atoms with Gasteiger partial charge in [-0.3, -0.25) is 0 Å². The highest BCUT2D eigenvalue weighted by molar-refractivity contribution is 4.95. The Labute approximate surface area is 80.9 Å². The van der Waals surface area contributed by atoms with Crippen LogP contribution in [-0.2, 0) is 0 Å². The first-order chi connectivity index (χ1) is 6.08. The van der Waals surface area contributed by atoms with E-state index in [2.05, 4.69) is 11.9 Å². The molecule has 1 rings (SSSR count). The van der Waals surface area contributed by atoms with Gasteiger partial charge in [-0.1, -0.05) is 0 Å². The van der Waals surface area contributed by atoms with Gasteiger partial charge in [0.15, 0.2) is 0 Å². The molecule has 13 heavy (non-hydrogen) atoms. The summed E-state index contributed by atoms with van der Waals surface area (Å²) in [6, 6.07) is 0. The summed E-state index contributed by atoms with van der Waals surface area (Å²) in [7, 11) is 2.07. The van der Waals surface area contributed by atoms with Crippen molar-refractivity contribution in [2.45, 2.75) is 32.3 Å². The molecule has 1 unspecified atom stereocenters. The Kier molecular flexibility index (Phi) is 3.71. The summed E-state index contributed by atoms with van der Waals surface area (Å²) in [5.41, 5.74) is 6.06. The van der Waals surface area contributed by atoms with Gasteiger partial charge in [0.1, 0.15) is 0 Å². The lowest BCUT2D eigenvalue weighted by molar-refractivity contribution is 0.127. The fourth-order valence-corrected chi connectivity index (χ4v) is 2.06. The number of likely N-dealkylation sites (N-methyl/N-ethyl adjacent to an activating group) is 1. The highest BCUT2D eigenvalue weighted by Gasteiger charge is 2.42. The van der Waals surface area contributed by atoms with Crippen LogP contribution in [0, 0.1) is 5.41 Å². The molecule has 0 aromatic heterocycles. The molecule has 1 aliphatic rings. The molecule has 3 nitrogen and oxygen atoms in total. The van der Waals surface area contributed by atoms with Crippen LogP contribution in [0.5, 0.6) is 0 Å². The lowest BCUT2D eigenvalue weighted by atomic mass is 10.0. The van der Waals surface area contributed by atoms with Crippen LogP contribution in [0.25, 0.3) is 0 Å². The topological polar surface area (TPSA) is 49.5 Å². The predicted octanol–water partition coefficient (Wildman–Crippen LogP) is 0.428. The van der Waals surface area contributed by atoms with Crippen molar-refractivity contribution in [3.05, 3.63) is 0 Å². The third-order valence-corrected chi connectivity index (χ3v) is 2.81. The fourth-order valence-electron chi connectivity index (χ4n) is 2.06. The van der Waals surface area contributed by atoms with E-state index >= 15 is 0 Å². The molecule has 0 bridgehead atoms. The minimum absolute atomic E-state index is 0.223. The van der Waals surface area contributed by atoms with Crippen LogP contribution < -0.4 is 5.73 Å². The van der Waals surface area contributed by atoms with Crippen molar-refractivity contribution in [2.75, 3.05) is 26.7 Å². The Hall–Kier alpha value is -0.120. The molecule has 1 atom stereocenters. The summed E-state index contributed by atoms with van der Waals surface area (Å²) in [4.78, 5) is 2.22. The Morgan fingerprint density at radius 2 is 2.15 bits per heavy atom. The summed E-state index contributed by atoms with van der Waals surface area (Å²) in [6.45, 7) is 4.49. The normalized spacial score (nSPS) is 21.9. The Bertz CT molecular complexity index is 155. The standard InChI is InChI=1S/C10H22N2O/c1-9(13)7-12(2)8-10(3-4-10)5-6-11/h9,13H,3-8,11H2,1-2H3. The summed E-state index contributed by atoms with van der Waals surface area (Å²) in [5.74, 6) is 0. The maximum atomic E-state index is 9.20. The molecule has 0 radical (unpaired) electrons. The fraction of sp³-hybridized carbons (Fsp3) is 1.00. The van der Waals surface area contributed by atoms with Crippen LogP contribution in [0.3, 0.4) is 0 Å². The van der Waals surface area contributed by atoms with E-state index in [0.717, 1.165) is 26.1 Å². The van der Waals surface area contributed by atoms with Gasteiger partial charge in [-0.05, 0) is 45.2 Å². The van der Waals surface area contributed by atoms with Crippen molar-refractivity contribution >= 4 is 0 Å². The Balaban J connectivity index is 2.23. The molecule has 0 spiro atoms. The van der Waals surface area contributed by atoms with Crippen LogP contribution in [0.2, 0.25) is 0 Å². The minimum Gasteiger partial charge on any atom is -0.392 e. The molecule has 1 saturated carbocycles. The maximum Gasteiger partial charge on any atom is 0.0638 e. The second kappa shape index (κ2) is 4.40. The Morgan fingerprint density at radius 3 is 2.54 bits per heavy atom. The molecular formula is C10H22N2O. The summed E-state index contributed by atoms with van der Waals surface area (Å²) in [6.07, 6.45) is 3.54.